The Morgan fingerprint density at radius 3 is 2.62 bits per heavy atom. The minimum absolute atomic E-state index is 0.126. The van der Waals surface area contributed by atoms with Crippen LogP contribution in [0.1, 0.15) is 21.7 Å². The van der Waals surface area contributed by atoms with E-state index in [1.165, 1.54) is 0 Å². The molecule has 0 fully saturated rings. The molecule has 0 aliphatic carbocycles. The van der Waals surface area contributed by atoms with Crippen molar-refractivity contribution in [3.05, 3.63) is 76.0 Å². The molecule has 24 heavy (non-hydrogen) atoms. The first-order valence-electron chi connectivity index (χ1n) is 7.45. The highest BCUT2D eigenvalue weighted by Gasteiger charge is 2.12. The Labute approximate surface area is 148 Å². The summed E-state index contributed by atoms with van der Waals surface area (Å²) in [5.41, 5.74) is 3.19. The van der Waals surface area contributed by atoms with E-state index < -0.39 is 0 Å². The van der Waals surface area contributed by atoms with Crippen LogP contribution in [0.2, 0.25) is 0 Å². The fourth-order valence-corrected chi connectivity index (χ4v) is 2.93. The second kappa shape index (κ2) is 7.03. The number of carbonyl (C=O) groups excluding carboxylic acids is 1. The number of carbonyl (C=O) groups is 1. The number of halogens is 1. The molecule has 1 amide bonds. The number of rotatable bonds is 4. The molecule has 1 aromatic heterocycles. The Bertz CT molecular complexity index is 886. The van der Waals surface area contributed by atoms with Crippen molar-refractivity contribution in [1.29, 1.82) is 0 Å². The molecule has 0 aliphatic rings. The van der Waals surface area contributed by atoms with Crippen LogP contribution in [-0.2, 0) is 6.61 Å². The normalized spacial score (nSPS) is 10.6. The number of nitrogens with one attached hydrogen (secondary N) is 1. The zero-order valence-corrected chi connectivity index (χ0v) is 14.6. The standard InChI is InChI=1S/C19H16BrNO3/c1-12-10-13(21-19(23)16-4-2-3-5-17(16)20)6-8-15(12)18-9-7-14(11-22)24-18/h2-10,22H,11H2,1H3,(H,21,23). The highest BCUT2D eigenvalue weighted by Crippen LogP contribution is 2.28. The largest absolute Gasteiger partial charge is 0.459 e. The number of hydrogen-bond donors (Lipinski definition) is 2. The lowest BCUT2D eigenvalue weighted by Crippen LogP contribution is -2.12. The summed E-state index contributed by atoms with van der Waals surface area (Å²) in [5.74, 6) is 1.05. The van der Waals surface area contributed by atoms with Gasteiger partial charge in [0.25, 0.3) is 5.91 Å². The highest BCUT2D eigenvalue weighted by molar-refractivity contribution is 9.10. The van der Waals surface area contributed by atoms with Gasteiger partial charge < -0.3 is 14.8 Å². The summed E-state index contributed by atoms with van der Waals surface area (Å²) in [4.78, 5) is 12.4. The molecule has 0 spiro atoms. The van der Waals surface area contributed by atoms with Crippen molar-refractivity contribution in [3.63, 3.8) is 0 Å². The highest BCUT2D eigenvalue weighted by atomic mass is 79.9. The van der Waals surface area contributed by atoms with Gasteiger partial charge in [-0.2, -0.15) is 0 Å². The second-order valence-corrected chi connectivity index (χ2v) is 6.24. The molecule has 3 rings (SSSR count). The van der Waals surface area contributed by atoms with Gasteiger partial charge in [0.2, 0.25) is 0 Å². The van der Waals surface area contributed by atoms with Crippen molar-refractivity contribution in [1.82, 2.24) is 0 Å². The lowest BCUT2D eigenvalue weighted by molar-refractivity contribution is 0.102. The number of furan rings is 1. The van der Waals surface area contributed by atoms with Crippen molar-refractivity contribution >= 4 is 27.5 Å². The lowest BCUT2D eigenvalue weighted by atomic mass is 10.1. The van der Waals surface area contributed by atoms with Gasteiger partial charge in [0.05, 0.1) is 5.56 Å². The molecule has 0 aliphatic heterocycles. The SMILES string of the molecule is Cc1cc(NC(=O)c2ccccc2Br)ccc1-c1ccc(CO)o1. The van der Waals surface area contributed by atoms with Crippen LogP contribution in [0.4, 0.5) is 5.69 Å². The number of aliphatic hydroxyl groups excluding tert-OH is 1. The average Bonchev–Trinajstić information content (AvgIpc) is 3.04. The predicted octanol–water partition coefficient (Wildman–Crippen LogP) is 4.76. The van der Waals surface area contributed by atoms with Gasteiger partial charge in [-0.15, -0.1) is 0 Å². The molecule has 0 bridgehead atoms. The number of benzene rings is 2. The van der Waals surface area contributed by atoms with Gasteiger partial charge in [-0.3, -0.25) is 4.79 Å². The van der Waals surface area contributed by atoms with Crippen molar-refractivity contribution < 1.29 is 14.3 Å². The molecule has 4 nitrogen and oxygen atoms in total. The van der Waals surface area contributed by atoms with Gasteiger partial charge in [-0.1, -0.05) is 12.1 Å². The summed E-state index contributed by atoms with van der Waals surface area (Å²) in [5, 5.41) is 12.0. The van der Waals surface area contributed by atoms with Crippen LogP contribution in [0, 0.1) is 6.92 Å². The van der Waals surface area contributed by atoms with Crippen LogP contribution >= 0.6 is 15.9 Å². The number of aliphatic hydroxyl groups is 1. The summed E-state index contributed by atoms with van der Waals surface area (Å²) >= 11 is 3.38. The second-order valence-electron chi connectivity index (χ2n) is 5.39. The van der Waals surface area contributed by atoms with Crippen LogP contribution in [0.25, 0.3) is 11.3 Å². The topological polar surface area (TPSA) is 62.5 Å². The Hall–Kier alpha value is -2.37. The zero-order valence-electron chi connectivity index (χ0n) is 13.0. The summed E-state index contributed by atoms with van der Waals surface area (Å²) in [6.07, 6.45) is 0. The molecular formula is C19H16BrNO3. The fourth-order valence-electron chi connectivity index (χ4n) is 2.47. The Morgan fingerprint density at radius 1 is 1.17 bits per heavy atom. The van der Waals surface area contributed by atoms with Gasteiger partial charge in [-0.05, 0) is 70.9 Å². The molecule has 3 aromatic rings. The summed E-state index contributed by atoms with van der Waals surface area (Å²) in [6.45, 7) is 1.82. The van der Waals surface area contributed by atoms with E-state index in [0.717, 1.165) is 15.6 Å². The van der Waals surface area contributed by atoms with Crippen molar-refractivity contribution in [3.8, 4) is 11.3 Å². The molecular weight excluding hydrogens is 370 g/mol. The molecule has 0 saturated heterocycles. The van der Waals surface area contributed by atoms with E-state index in [1.807, 2.05) is 49.4 Å². The first-order valence-corrected chi connectivity index (χ1v) is 8.24. The van der Waals surface area contributed by atoms with Crippen LogP contribution < -0.4 is 5.32 Å². The first-order chi connectivity index (χ1) is 11.6. The third kappa shape index (κ3) is 3.42. The van der Waals surface area contributed by atoms with E-state index in [-0.39, 0.29) is 12.5 Å². The van der Waals surface area contributed by atoms with Crippen LogP contribution in [0.5, 0.6) is 0 Å². The van der Waals surface area contributed by atoms with E-state index in [2.05, 4.69) is 21.2 Å². The first kappa shape index (κ1) is 16.5. The van der Waals surface area contributed by atoms with Crippen molar-refractivity contribution in [2.45, 2.75) is 13.5 Å². The van der Waals surface area contributed by atoms with Gasteiger partial charge in [0, 0.05) is 15.7 Å². The molecule has 0 unspecified atom stereocenters. The Morgan fingerprint density at radius 2 is 1.96 bits per heavy atom. The number of hydrogen-bond acceptors (Lipinski definition) is 3. The molecule has 0 saturated carbocycles. The minimum atomic E-state index is -0.171. The van der Waals surface area contributed by atoms with E-state index in [4.69, 9.17) is 9.52 Å². The molecule has 1 heterocycles. The average molecular weight is 386 g/mol. The predicted molar refractivity (Wildman–Crippen MR) is 96.9 cm³/mol. The monoisotopic (exact) mass is 385 g/mol. The van der Waals surface area contributed by atoms with Crippen LogP contribution in [0.15, 0.2) is 63.5 Å². The third-order valence-electron chi connectivity index (χ3n) is 3.69. The maximum Gasteiger partial charge on any atom is 0.256 e. The molecule has 0 radical (unpaired) electrons. The molecule has 2 aromatic carbocycles. The van der Waals surface area contributed by atoms with E-state index in [1.54, 1.807) is 12.1 Å². The van der Waals surface area contributed by atoms with E-state index in [9.17, 15) is 4.79 Å². The number of anilines is 1. The quantitative estimate of drug-likeness (QED) is 0.680. The van der Waals surface area contributed by atoms with E-state index >= 15 is 0 Å². The summed E-state index contributed by atoms with van der Waals surface area (Å²) in [6, 6.07) is 16.5. The van der Waals surface area contributed by atoms with Crippen molar-refractivity contribution in [2.24, 2.45) is 0 Å². The van der Waals surface area contributed by atoms with Crippen LogP contribution in [-0.4, -0.2) is 11.0 Å². The van der Waals surface area contributed by atoms with E-state index in [0.29, 0.717) is 22.8 Å². The zero-order chi connectivity index (χ0) is 17.1. The lowest BCUT2D eigenvalue weighted by Gasteiger charge is -2.09. The summed E-state index contributed by atoms with van der Waals surface area (Å²) in [7, 11) is 0. The van der Waals surface area contributed by atoms with Gasteiger partial charge in [0.15, 0.2) is 0 Å². The Balaban J connectivity index is 1.82. The summed E-state index contributed by atoms with van der Waals surface area (Å²) < 4.78 is 6.31. The van der Waals surface area contributed by atoms with Gasteiger partial charge in [0.1, 0.15) is 18.1 Å². The van der Waals surface area contributed by atoms with Gasteiger partial charge in [-0.25, -0.2) is 0 Å². The van der Waals surface area contributed by atoms with Crippen molar-refractivity contribution in [2.75, 3.05) is 5.32 Å². The van der Waals surface area contributed by atoms with Crippen LogP contribution in [0.3, 0.4) is 0 Å². The maximum absolute atomic E-state index is 12.4. The molecule has 0 atom stereocenters. The fraction of sp³-hybridized carbons (Fsp3) is 0.105. The molecule has 122 valence electrons. The maximum atomic E-state index is 12.4. The number of amides is 1. The van der Waals surface area contributed by atoms with Gasteiger partial charge >= 0.3 is 0 Å². The smallest absolute Gasteiger partial charge is 0.256 e. The Kier molecular flexibility index (Phi) is 4.83. The number of aryl methyl sites for hydroxylation is 1. The molecule has 2 N–H and O–H groups in total. The third-order valence-corrected chi connectivity index (χ3v) is 4.38. The minimum Gasteiger partial charge on any atom is -0.459 e. The molecule has 5 heteroatoms.